The van der Waals surface area contributed by atoms with Crippen LogP contribution in [0.1, 0.15) is 5.56 Å². The first-order valence-electron chi connectivity index (χ1n) is 3.93. The van der Waals surface area contributed by atoms with Crippen LogP contribution >= 0.6 is 24.8 Å². The van der Waals surface area contributed by atoms with Crippen LogP contribution in [0.3, 0.4) is 0 Å². The Bertz CT molecular complexity index is 332. The van der Waals surface area contributed by atoms with Crippen molar-refractivity contribution < 1.29 is 0 Å². The number of allylic oxidation sites excluding steroid dienone is 3. The molecule has 2 rings (SSSR count). The van der Waals surface area contributed by atoms with Gasteiger partial charge < -0.3 is 0 Å². The molecule has 14 heavy (non-hydrogen) atoms. The van der Waals surface area contributed by atoms with E-state index >= 15 is 0 Å². The molecule has 0 radical (unpaired) electrons. The van der Waals surface area contributed by atoms with Crippen LogP contribution in [0.2, 0.25) is 0 Å². The van der Waals surface area contributed by atoms with Gasteiger partial charge in [-0.05, 0) is 12.1 Å². The molecule has 0 aliphatic carbocycles. The van der Waals surface area contributed by atoms with E-state index in [1.54, 1.807) is 0 Å². The minimum atomic E-state index is 0. The Hall–Kier alpha value is -1.05. The maximum absolute atomic E-state index is 4.28. The molecule has 0 unspecified atom stereocenters. The van der Waals surface area contributed by atoms with E-state index in [2.05, 4.69) is 17.1 Å². The predicted molar refractivity (Wildman–Crippen MR) is 67.3 cm³/mol. The number of para-hydroxylation sites is 1. The summed E-state index contributed by atoms with van der Waals surface area (Å²) in [6.07, 6.45) is 9.78. The smallest absolute Gasteiger partial charge is 0.0701 e. The van der Waals surface area contributed by atoms with Crippen molar-refractivity contribution in [3.8, 4) is 0 Å². The summed E-state index contributed by atoms with van der Waals surface area (Å²) in [6, 6.07) is 8.08. The maximum Gasteiger partial charge on any atom is 0.0701 e. The van der Waals surface area contributed by atoms with E-state index < -0.39 is 0 Å². The minimum absolute atomic E-state index is 0. The first kappa shape index (κ1) is 12.9. The lowest BCUT2D eigenvalue weighted by atomic mass is 10.1. The van der Waals surface area contributed by atoms with Gasteiger partial charge in [-0.1, -0.05) is 36.4 Å². The second kappa shape index (κ2) is 6.41. The van der Waals surface area contributed by atoms with E-state index in [-0.39, 0.29) is 24.8 Å². The topological polar surface area (TPSA) is 12.4 Å². The average Bonchev–Trinajstić information content (AvgIpc) is 2.06. The molecule has 1 heterocycles. The summed E-state index contributed by atoms with van der Waals surface area (Å²) in [4.78, 5) is 4.28. The first-order valence-corrected chi connectivity index (χ1v) is 3.93. The van der Waals surface area contributed by atoms with Crippen molar-refractivity contribution in [2.45, 2.75) is 0 Å². The molecule has 0 spiro atoms. The number of benzene rings is 1. The van der Waals surface area contributed by atoms with Crippen LogP contribution in [-0.2, 0) is 0 Å². The van der Waals surface area contributed by atoms with Crippen LogP contribution in [-0.4, -0.2) is 6.21 Å². The number of hydrogen-bond acceptors (Lipinski definition) is 1. The highest BCUT2D eigenvalue weighted by Gasteiger charge is 1.94. The third-order valence-corrected chi connectivity index (χ3v) is 1.73. The second-order valence-corrected chi connectivity index (χ2v) is 2.58. The largest absolute Gasteiger partial charge is 0.256 e. The summed E-state index contributed by atoms with van der Waals surface area (Å²) >= 11 is 0. The number of hydrogen-bond donors (Lipinski definition) is 0. The van der Waals surface area contributed by atoms with Gasteiger partial charge >= 0.3 is 0 Å². The van der Waals surface area contributed by atoms with E-state index in [0.29, 0.717) is 0 Å². The van der Waals surface area contributed by atoms with Gasteiger partial charge in [-0.3, -0.25) is 4.99 Å². The summed E-state index contributed by atoms with van der Waals surface area (Å²) in [5.74, 6) is 0. The quantitative estimate of drug-likeness (QED) is 0.640. The molecular weight excluding hydrogens is 217 g/mol. The molecule has 3 heteroatoms. The van der Waals surface area contributed by atoms with Crippen LogP contribution in [0.25, 0.3) is 6.08 Å². The lowest BCUT2D eigenvalue weighted by molar-refractivity contribution is 1.51. The Morgan fingerprint density at radius 1 is 0.857 bits per heavy atom. The molecule has 0 fully saturated rings. The zero-order valence-electron chi connectivity index (χ0n) is 7.46. The molecule has 0 saturated carbocycles. The third-order valence-electron chi connectivity index (χ3n) is 1.73. The molecule has 1 aliphatic heterocycles. The van der Waals surface area contributed by atoms with E-state index in [1.807, 2.05) is 42.6 Å². The maximum atomic E-state index is 4.28. The summed E-state index contributed by atoms with van der Waals surface area (Å²) < 4.78 is 0. The first-order chi connectivity index (χ1) is 5.97. The third kappa shape index (κ3) is 3.02. The SMILES string of the molecule is C1=Nc2ccccc2/C=C\C=C/1.Cl.Cl. The van der Waals surface area contributed by atoms with Crippen molar-refractivity contribution in [1.29, 1.82) is 0 Å². The van der Waals surface area contributed by atoms with Crippen molar-refractivity contribution in [3.05, 3.63) is 48.1 Å². The molecule has 0 saturated heterocycles. The Kier molecular flexibility index (Phi) is 5.93. The van der Waals surface area contributed by atoms with Gasteiger partial charge in [0.05, 0.1) is 5.69 Å². The van der Waals surface area contributed by atoms with Crippen molar-refractivity contribution >= 4 is 42.8 Å². The van der Waals surface area contributed by atoms with Gasteiger partial charge in [0, 0.05) is 11.8 Å². The molecule has 74 valence electrons. The average molecular weight is 228 g/mol. The molecule has 0 bridgehead atoms. The van der Waals surface area contributed by atoms with Gasteiger partial charge in [-0.25, -0.2) is 0 Å². The van der Waals surface area contributed by atoms with Gasteiger partial charge in [0.2, 0.25) is 0 Å². The standard InChI is InChI=1S/C11H9N.2ClH/c1-2-6-10-7-3-4-8-11(10)12-9-5-1;;/h1-9H;2*1H/b2-1?,5-1-,6-2-,9-5?,10-6?,12-9?,12-11?;;. The van der Waals surface area contributed by atoms with E-state index in [4.69, 9.17) is 0 Å². The monoisotopic (exact) mass is 227 g/mol. The number of fused-ring (bicyclic) bond motifs is 1. The number of nitrogens with zero attached hydrogens (tertiary/aromatic N) is 1. The summed E-state index contributed by atoms with van der Waals surface area (Å²) in [6.45, 7) is 0. The predicted octanol–water partition coefficient (Wildman–Crippen LogP) is 3.82. The van der Waals surface area contributed by atoms with Crippen LogP contribution in [0.15, 0.2) is 47.5 Å². The Balaban J connectivity index is 0.000000845. The fourth-order valence-electron chi connectivity index (χ4n) is 1.14. The second-order valence-electron chi connectivity index (χ2n) is 2.58. The Labute approximate surface area is 96.1 Å². The molecule has 0 aromatic heterocycles. The van der Waals surface area contributed by atoms with Crippen LogP contribution in [0.4, 0.5) is 5.69 Å². The van der Waals surface area contributed by atoms with Crippen molar-refractivity contribution in [3.63, 3.8) is 0 Å². The lowest BCUT2D eigenvalue weighted by Crippen LogP contribution is -1.76. The van der Waals surface area contributed by atoms with E-state index in [9.17, 15) is 0 Å². The summed E-state index contributed by atoms with van der Waals surface area (Å²) in [7, 11) is 0. The zero-order valence-corrected chi connectivity index (χ0v) is 9.09. The van der Waals surface area contributed by atoms with Crippen molar-refractivity contribution in [2.24, 2.45) is 4.99 Å². The van der Waals surface area contributed by atoms with Crippen molar-refractivity contribution in [1.82, 2.24) is 0 Å². The molecule has 1 nitrogen and oxygen atoms in total. The highest BCUT2D eigenvalue weighted by molar-refractivity contribution is 5.85. The lowest BCUT2D eigenvalue weighted by Gasteiger charge is -1.99. The Morgan fingerprint density at radius 2 is 1.64 bits per heavy atom. The Morgan fingerprint density at radius 3 is 2.50 bits per heavy atom. The van der Waals surface area contributed by atoms with Crippen LogP contribution in [0, 0.1) is 0 Å². The highest BCUT2D eigenvalue weighted by Crippen LogP contribution is 2.20. The highest BCUT2D eigenvalue weighted by atomic mass is 35.5. The van der Waals surface area contributed by atoms with E-state index in [0.717, 1.165) is 11.3 Å². The zero-order chi connectivity index (χ0) is 8.23. The van der Waals surface area contributed by atoms with Gasteiger partial charge in [0.1, 0.15) is 0 Å². The van der Waals surface area contributed by atoms with Crippen molar-refractivity contribution in [2.75, 3.05) is 0 Å². The molecule has 0 atom stereocenters. The van der Waals surface area contributed by atoms with Crippen LogP contribution in [0.5, 0.6) is 0 Å². The molecule has 1 aromatic rings. The van der Waals surface area contributed by atoms with Crippen LogP contribution < -0.4 is 0 Å². The molecule has 1 aliphatic rings. The van der Waals surface area contributed by atoms with Gasteiger partial charge in [-0.15, -0.1) is 24.8 Å². The molecular formula is C11H11Cl2N. The summed E-state index contributed by atoms with van der Waals surface area (Å²) in [5, 5.41) is 0. The fourth-order valence-corrected chi connectivity index (χ4v) is 1.14. The van der Waals surface area contributed by atoms with Gasteiger partial charge in [-0.2, -0.15) is 0 Å². The number of rotatable bonds is 0. The molecule has 1 aromatic carbocycles. The van der Waals surface area contributed by atoms with Gasteiger partial charge in [0.15, 0.2) is 0 Å². The van der Waals surface area contributed by atoms with Gasteiger partial charge in [0.25, 0.3) is 0 Å². The summed E-state index contributed by atoms with van der Waals surface area (Å²) in [5.41, 5.74) is 2.19. The van der Waals surface area contributed by atoms with E-state index in [1.165, 1.54) is 0 Å². The number of aliphatic imine (C=N–C) groups is 1. The molecule has 0 N–H and O–H groups in total. The normalized spacial score (nSPS) is 16.3. The minimum Gasteiger partial charge on any atom is -0.256 e. The molecule has 0 amide bonds. The number of halogens is 2. The fraction of sp³-hybridized carbons (Fsp3) is 0.